The minimum atomic E-state index is -0.361. The largest absolute Gasteiger partial charge is 0.310 e. The third kappa shape index (κ3) is 4.42. The number of anilines is 3. The van der Waals surface area contributed by atoms with Crippen molar-refractivity contribution in [2.24, 2.45) is 0 Å². The molecule has 0 atom stereocenters. The Morgan fingerprint density at radius 2 is 0.750 bits per heavy atom. The maximum Gasteiger partial charge on any atom is 0.0725 e. The van der Waals surface area contributed by atoms with Gasteiger partial charge in [-0.1, -0.05) is 172 Å². The molecule has 0 saturated carbocycles. The van der Waals surface area contributed by atoms with Gasteiger partial charge >= 0.3 is 0 Å². The first-order valence-electron chi connectivity index (χ1n) is 21.3. The van der Waals surface area contributed by atoms with Crippen molar-refractivity contribution >= 4 is 17.1 Å². The highest BCUT2D eigenvalue weighted by Crippen LogP contribution is 2.63. The third-order valence-corrected chi connectivity index (χ3v) is 14.3. The summed E-state index contributed by atoms with van der Waals surface area (Å²) in [7, 11) is 0. The summed E-state index contributed by atoms with van der Waals surface area (Å²) in [6.07, 6.45) is 0.956. The lowest BCUT2D eigenvalue weighted by molar-refractivity contribution is 0.660. The summed E-state index contributed by atoms with van der Waals surface area (Å²) in [6.45, 7) is 4.74. The van der Waals surface area contributed by atoms with Gasteiger partial charge in [-0.05, 0) is 149 Å². The zero-order valence-electron chi connectivity index (χ0n) is 33.7. The fourth-order valence-electron chi connectivity index (χ4n) is 11.6. The maximum absolute atomic E-state index is 2.49. The zero-order valence-corrected chi connectivity index (χ0v) is 33.7. The Labute approximate surface area is 351 Å². The number of nitrogens with zero attached hydrogens (tertiary/aromatic N) is 1. The van der Waals surface area contributed by atoms with Crippen molar-refractivity contribution < 1.29 is 0 Å². The fraction of sp³-hybridized carbons (Fsp3) is 0.0847. The SMILES string of the molecule is CC1(C)c2ccccc2-c2ccc(N(c3ccc(-c4ccc5c(c4)C4(c6ccccc6-c6ccccc64)c4ccccc4-5)cc3)c3ccc4c(c3)Cc3ccccc3-4)cc21. The van der Waals surface area contributed by atoms with Crippen LogP contribution in [-0.2, 0) is 17.3 Å². The van der Waals surface area contributed by atoms with E-state index in [4.69, 9.17) is 0 Å². The maximum atomic E-state index is 2.49. The summed E-state index contributed by atoms with van der Waals surface area (Å²) in [5.74, 6) is 0. The van der Waals surface area contributed by atoms with Crippen LogP contribution in [0, 0.1) is 0 Å². The molecule has 1 nitrogen and oxygen atoms in total. The number of fused-ring (bicyclic) bond motifs is 16. The Bertz CT molecular complexity index is 3210. The lowest BCUT2D eigenvalue weighted by Gasteiger charge is -2.30. The Kier molecular flexibility index (Phi) is 6.84. The molecule has 9 aromatic rings. The molecule has 1 spiro atoms. The summed E-state index contributed by atoms with van der Waals surface area (Å²) in [4.78, 5) is 2.47. The number of hydrogen-bond acceptors (Lipinski definition) is 1. The highest BCUT2D eigenvalue weighted by atomic mass is 15.1. The normalized spacial score (nSPS) is 14.7. The highest BCUT2D eigenvalue weighted by Gasteiger charge is 2.51. The van der Waals surface area contributed by atoms with Gasteiger partial charge in [-0.3, -0.25) is 0 Å². The van der Waals surface area contributed by atoms with Gasteiger partial charge in [-0.2, -0.15) is 0 Å². The first kappa shape index (κ1) is 33.7. The predicted molar refractivity (Wildman–Crippen MR) is 249 cm³/mol. The van der Waals surface area contributed by atoms with E-state index in [1.165, 1.54) is 112 Å². The van der Waals surface area contributed by atoms with Gasteiger partial charge in [0.2, 0.25) is 0 Å². The minimum Gasteiger partial charge on any atom is -0.310 e. The molecule has 0 saturated heterocycles. The van der Waals surface area contributed by atoms with E-state index >= 15 is 0 Å². The standard InChI is InChI=1S/C59H41N/c1-58(2)52-19-9-5-15-46(52)50-32-29-43(36-56(50)58)60(42-28-31-45-40(34-42)33-39-13-3-4-14-44(39)45)41-26-23-37(24-27-41)38-25-30-51-49-18-8-12-22-55(49)59(57(51)35-38)53-20-10-6-16-47(53)48-17-7-11-21-54(48)59/h3-32,34-36H,33H2,1-2H3. The van der Waals surface area contributed by atoms with Crippen molar-refractivity contribution in [1.29, 1.82) is 0 Å². The summed E-state index contributed by atoms with van der Waals surface area (Å²) in [5, 5.41) is 0. The van der Waals surface area contributed by atoms with Crippen molar-refractivity contribution in [1.82, 2.24) is 0 Å². The van der Waals surface area contributed by atoms with Gasteiger partial charge in [0, 0.05) is 22.5 Å². The first-order chi connectivity index (χ1) is 29.5. The van der Waals surface area contributed by atoms with Crippen molar-refractivity contribution in [3.63, 3.8) is 0 Å². The van der Waals surface area contributed by atoms with E-state index in [-0.39, 0.29) is 10.8 Å². The predicted octanol–water partition coefficient (Wildman–Crippen LogP) is 15.0. The summed E-state index contributed by atoms with van der Waals surface area (Å²) in [5.41, 5.74) is 27.2. The van der Waals surface area contributed by atoms with Crippen molar-refractivity contribution in [3.05, 3.63) is 245 Å². The van der Waals surface area contributed by atoms with Crippen LogP contribution in [0.5, 0.6) is 0 Å². The molecule has 0 radical (unpaired) electrons. The summed E-state index contributed by atoms with van der Waals surface area (Å²) < 4.78 is 0. The molecule has 0 fully saturated rings. The van der Waals surface area contributed by atoms with Gasteiger partial charge in [0.25, 0.3) is 0 Å². The first-order valence-corrected chi connectivity index (χ1v) is 21.3. The summed E-state index contributed by atoms with van der Waals surface area (Å²) in [6, 6.07) is 75.6. The summed E-state index contributed by atoms with van der Waals surface area (Å²) >= 11 is 0. The number of benzene rings is 9. The van der Waals surface area contributed by atoms with Gasteiger partial charge in [0.1, 0.15) is 0 Å². The van der Waals surface area contributed by atoms with Crippen LogP contribution in [0.3, 0.4) is 0 Å². The molecule has 0 N–H and O–H groups in total. The second kappa shape index (κ2) is 12.2. The fourth-order valence-corrected chi connectivity index (χ4v) is 11.6. The molecular formula is C59H41N. The van der Waals surface area contributed by atoms with Crippen LogP contribution in [-0.4, -0.2) is 0 Å². The van der Waals surface area contributed by atoms with E-state index in [1.54, 1.807) is 0 Å². The van der Waals surface area contributed by atoms with Crippen LogP contribution in [0.15, 0.2) is 200 Å². The molecule has 60 heavy (non-hydrogen) atoms. The van der Waals surface area contributed by atoms with E-state index in [9.17, 15) is 0 Å². The molecule has 0 bridgehead atoms. The zero-order chi connectivity index (χ0) is 39.7. The van der Waals surface area contributed by atoms with E-state index in [1.807, 2.05) is 0 Å². The smallest absolute Gasteiger partial charge is 0.0725 e. The average molecular weight is 764 g/mol. The van der Waals surface area contributed by atoms with Gasteiger partial charge in [0.15, 0.2) is 0 Å². The van der Waals surface area contributed by atoms with Crippen molar-refractivity contribution in [2.75, 3.05) is 4.90 Å². The van der Waals surface area contributed by atoms with E-state index in [0.29, 0.717) is 0 Å². The number of hydrogen-bond donors (Lipinski definition) is 0. The van der Waals surface area contributed by atoms with Crippen LogP contribution >= 0.6 is 0 Å². The molecule has 4 aliphatic carbocycles. The molecule has 13 rings (SSSR count). The van der Waals surface area contributed by atoms with Crippen molar-refractivity contribution in [3.8, 4) is 55.6 Å². The van der Waals surface area contributed by atoms with Crippen LogP contribution in [0.2, 0.25) is 0 Å². The lowest BCUT2D eigenvalue weighted by atomic mass is 9.70. The van der Waals surface area contributed by atoms with Gasteiger partial charge in [-0.25, -0.2) is 0 Å². The quantitative estimate of drug-likeness (QED) is 0.173. The topological polar surface area (TPSA) is 3.24 Å². The average Bonchev–Trinajstić information content (AvgIpc) is 3.98. The van der Waals surface area contributed by atoms with Gasteiger partial charge < -0.3 is 4.90 Å². The Hall–Kier alpha value is -7.22. The lowest BCUT2D eigenvalue weighted by Crippen LogP contribution is -2.25. The van der Waals surface area contributed by atoms with E-state index in [0.717, 1.165) is 12.1 Å². The number of rotatable bonds is 4. The van der Waals surface area contributed by atoms with Gasteiger partial charge in [-0.15, -0.1) is 0 Å². The molecular weight excluding hydrogens is 723 g/mol. The van der Waals surface area contributed by atoms with Gasteiger partial charge in [0.05, 0.1) is 5.41 Å². The molecule has 4 aliphatic rings. The minimum absolute atomic E-state index is 0.0953. The Balaban J connectivity index is 0.948. The van der Waals surface area contributed by atoms with Crippen LogP contribution in [0.4, 0.5) is 17.1 Å². The highest BCUT2D eigenvalue weighted by molar-refractivity contribution is 5.96. The van der Waals surface area contributed by atoms with Crippen LogP contribution in [0.25, 0.3) is 55.6 Å². The van der Waals surface area contributed by atoms with E-state index in [2.05, 4.69) is 219 Å². The van der Waals surface area contributed by atoms with E-state index < -0.39 is 0 Å². The second-order valence-electron chi connectivity index (χ2n) is 17.6. The Morgan fingerprint density at radius 1 is 0.317 bits per heavy atom. The molecule has 0 aliphatic heterocycles. The molecule has 9 aromatic carbocycles. The molecule has 282 valence electrons. The third-order valence-electron chi connectivity index (χ3n) is 14.3. The molecule has 1 heteroatoms. The molecule has 0 unspecified atom stereocenters. The monoisotopic (exact) mass is 763 g/mol. The van der Waals surface area contributed by atoms with Crippen LogP contribution in [0.1, 0.15) is 58.4 Å². The molecule has 0 aromatic heterocycles. The van der Waals surface area contributed by atoms with Crippen LogP contribution < -0.4 is 4.90 Å². The Morgan fingerprint density at radius 3 is 1.40 bits per heavy atom. The molecule has 0 amide bonds. The second-order valence-corrected chi connectivity index (χ2v) is 17.6. The molecule has 0 heterocycles. The van der Waals surface area contributed by atoms with Crippen molar-refractivity contribution in [2.45, 2.75) is 31.1 Å².